The minimum atomic E-state index is -0.247. The number of rotatable bonds is 4. The topological polar surface area (TPSA) is 17.0 Å². The maximum Gasteiger partial charge on any atom is 0.216 e. The summed E-state index contributed by atoms with van der Waals surface area (Å²) in [6, 6.07) is 18.5. The van der Waals surface area contributed by atoms with Crippen LogP contribution >= 0.6 is 0 Å². The molecular formula is C35H37FNO+. The maximum absolute atomic E-state index is 15.5. The summed E-state index contributed by atoms with van der Waals surface area (Å²) >= 11 is 0. The molecule has 6 rings (SSSR count). The fourth-order valence-electron chi connectivity index (χ4n) is 6.55. The first-order valence-electron chi connectivity index (χ1n) is 14.1. The Morgan fingerprint density at radius 2 is 1.47 bits per heavy atom. The Bertz CT molecular complexity index is 1650. The molecule has 0 atom stereocenters. The van der Waals surface area contributed by atoms with E-state index in [2.05, 4.69) is 88.0 Å². The fraction of sp³-hybridized carbons (Fsp3) is 0.343. The SMILES string of the molecule is Cc1cc(-c2c(C)ccc3c2oc2c(-c4ccc(C5CCCCC5)cc4)c(F)ccc23)[n+](C)cc1C(C)C. The minimum absolute atomic E-state index is 0.247. The summed E-state index contributed by atoms with van der Waals surface area (Å²) in [6.07, 6.45) is 8.69. The monoisotopic (exact) mass is 506 g/mol. The molecule has 0 spiro atoms. The van der Waals surface area contributed by atoms with Crippen molar-refractivity contribution < 1.29 is 13.4 Å². The summed E-state index contributed by atoms with van der Waals surface area (Å²) in [5, 5.41) is 1.97. The van der Waals surface area contributed by atoms with Crippen molar-refractivity contribution in [1.29, 1.82) is 0 Å². The number of fused-ring (bicyclic) bond motifs is 3. The summed E-state index contributed by atoms with van der Waals surface area (Å²) in [6.45, 7) is 8.76. The van der Waals surface area contributed by atoms with Crippen LogP contribution in [-0.4, -0.2) is 0 Å². The van der Waals surface area contributed by atoms with Gasteiger partial charge in [-0.15, -0.1) is 0 Å². The zero-order valence-corrected chi connectivity index (χ0v) is 23.2. The molecule has 1 aliphatic rings. The Morgan fingerprint density at radius 1 is 0.816 bits per heavy atom. The normalized spacial score (nSPS) is 14.7. The number of halogens is 1. The second kappa shape index (κ2) is 9.69. The molecule has 2 nitrogen and oxygen atoms in total. The number of hydrogen-bond donors (Lipinski definition) is 0. The summed E-state index contributed by atoms with van der Waals surface area (Å²) in [4.78, 5) is 0. The van der Waals surface area contributed by atoms with Crippen molar-refractivity contribution in [3.63, 3.8) is 0 Å². The summed E-state index contributed by atoms with van der Waals surface area (Å²) in [5.41, 5.74) is 10.1. The second-order valence-electron chi connectivity index (χ2n) is 11.6. The largest absolute Gasteiger partial charge is 0.454 e. The number of pyridine rings is 1. The van der Waals surface area contributed by atoms with Gasteiger partial charge in [-0.1, -0.05) is 69.5 Å². The quantitative estimate of drug-likeness (QED) is 0.222. The van der Waals surface area contributed by atoms with Gasteiger partial charge in [0.15, 0.2) is 6.20 Å². The molecule has 5 aromatic rings. The molecule has 3 aromatic carbocycles. The van der Waals surface area contributed by atoms with Crippen LogP contribution in [0.25, 0.3) is 44.3 Å². The van der Waals surface area contributed by atoms with Crippen LogP contribution in [0.5, 0.6) is 0 Å². The third-order valence-corrected chi connectivity index (χ3v) is 8.64. The molecule has 2 aromatic heterocycles. The first kappa shape index (κ1) is 24.9. The van der Waals surface area contributed by atoms with Crippen LogP contribution in [0.4, 0.5) is 4.39 Å². The van der Waals surface area contributed by atoms with Gasteiger partial charge in [0.1, 0.15) is 24.0 Å². The third-order valence-electron chi connectivity index (χ3n) is 8.64. The van der Waals surface area contributed by atoms with Crippen molar-refractivity contribution in [2.24, 2.45) is 7.05 Å². The van der Waals surface area contributed by atoms with Crippen LogP contribution in [0.1, 0.15) is 80.0 Å². The van der Waals surface area contributed by atoms with Gasteiger partial charge in [-0.2, -0.15) is 0 Å². The highest BCUT2D eigenvalue weighted by Crippen LogP contribution is 2.42. The zero-order chi connectivity index (χ0) is 26.6. The summed E-state index contributed by atoms with van der Waals surface area (Å²) in [5.74, 6) is 0.831. The lowest BCUT2D eigenvalue weighted by molar-refractivity contribution is -0.660. The van der Waals surface area contributed by atoms with Crippen LogP contribution in [-0.2, 0) is 7.05 Å². The molecule has 3 heteroatoms. The van der Waals surface area contributed by atoms with Gasteiger partial charge in [0.2, 0.25) is 5.69 Å². The smallest absolute Gasteiger partial charge is 0.216 e. The van der Waals surface area contributed by atoms with Crippen molar-refractivity contribution in [2.45, 2.75) is 71.6 Å². The van der Waals surface area contributed by atoms with E-state index < -0.39 is 0 Å². The van der Waals surface area contributed by atoms with Gasteiger partial charge in [-0.25, -0.2) is 8.96 Å². The number of aryl methyl sites for hydroxylation is 3. The van der Waals surface area contributed by atoms with Crippen LogP contribution < -0.4 is 4.57 Å². The molecule has 2 heterocycles. The Hall–Kier alpha value is -3.46. The average Bonchev–Trinajstić information content (AvgIpc) is 3.28. The van der Waals surface area contributed by atoms with Crippen LogP contribution in [0.2, 0.25) is 0 Å². The molecule has 0 amide bonds. The first-order valence-corrected chi connectivity index (χ1v) is 14.1. The minimum Gasteiger partial charge on any atom is -0.454 e. The molecular weight excluding hydrogens is 469 g/mol. The van der Waals surface area contributed by atoms with Gasteiger partial charge in [-0.05, 0) is 72.9 Å². The molecule has 194 valence electrons. The molecule has 0 bridgehead atoms. The zero-order valence-electron chi connectivity index (χ0n) is 23.2. The number of hydrogen-bond acceptors (Lipinski definition) is 1. The number of benzene rings is 3. The lowest BCUT2D eigenvalue weighted by atomic mass is 9.83. The van der Waals surface area contributed by atoms with Gasteiger partial charge >= 0.3 is 0 Å². The predicted octanol–water partition coefficient (Wildman–Crippen LogP) is 9.67. The van der Waals surface area contributed by atoms with Gasteiger partial charge in [0.05, 0.1) is 11.1 Å². The Labute approximate surface area is 225 Å². The van der Waals surface area contributed by atoms with Crippen LogP contribution in [0.3, 0.4) is 0 Å². The molecule has 0 saturated heterocycles. The van der Waals surface area contributed by atoms with E-state index in [1.54, 1.807) is 6.07 Å². The molecule has 0 N–H and O–H groups in total. The van der Waals surface area contributed by atoms with E-state index in [4.69, 9.17) is 4.42 Å². The van der Waals surface area contributed by atoms with E-state index in [1.807, 2.05) is 6.07 Å². The van der Waals surface area contributed by atoms with Crippen molar-refractivity contribution in [3.8, 4) is 22.4 Å². The van der Waals surface area contributed by atoms with Crippen molar-refractivity contribution >= 4 is 21.9 Å². The van der Waals surface area contributed by atoms with Gasteiger partial charge in [-0.3, -0.25) is 0 Å². The van der Waals surface area contributed by atoms with Gasteiger partial charge < -0.3 is 4.42 Å². The van der Waals surface area contributed by atoms with E-state index in [1.165, 1.54) is 48.8 Å². The van der Waals surface area contributed by atoms with Crippen LogP contribution in [0, 0.1) is 19.7 Å². The molecule has 38 heavy (non-hydrogen) atoms. The molecule has 1 fully saturated rings. The molecule has 0 unspecified atom stereocenters. The highest BCUT2D eigenvalue weighted by atomic mass is 19.1. The molecule has 0 aliphatic heterocycles. The lowest BCUT2D eigenvalue weighted by Crippen LogP contribution is -2.32. The number of aromatic nitrogens is 1. The third kappa shape index (κ3) is 4.13. The molecule has 1 saturated carbocycles. The number of nitrogens with zero attached hydrogens (tertiary/aromatic N) is 1. The first-order chi connectivity index (χ1) is 18.3. The Kier molecular flexibility index (Phi) is 6.34. The van der Waals surface area contributed by atoms with Crippen molar-refractivity contribution in [1.82, 2.24) is 0 Å². The highest BCUT2D eigenvalue weighted by molar-refractivity contribution is 6.13. The van der Waals surface area contributed by atoms with Crippen molar-refractivity contribution in [2.75, 3.05) is 0 Å². The summed E-state index contributed by atoms with van der Waals surface area (Å²) < 4.78 is 24.3. The standard InChI is InChI=1S/C35H37FNO/c1-21(2)29-20-37(5)31(19-23(29)4)32-22(3)11-16-27-28-17-18-30(36)33(35(28)38-34(27)32)26-14-12-25(13-15-26)24-9-7-6-8-10-24/h11-21,24H,6-10H2,1-5H3/q+1. The van der Waals surface area contributed by atoms with E-state index in [0.717, 1.165) is 38.7 Å². The van der Waals surface area contributed by atoms with E-state index in [-0.39, 0.29) is 5.82 Å². The number of furan rings is 1. The lowest BCUT2D eigenvalue weighted by Gasteiger charge is -2.22. The highest BCUT2D eigenvalue weighted by Gasteiger charge is 2.25. The Morgan fingerprint density at radius 3 is 2.16 bits per heavy atom. The second-order valence-corrected chi connectivity index (χ2v) is 11.6. The summed E-state index contributed by atoms with van der Waals surface area (Å²) in [7, 11) is 2.10. The van der Waals surface area contributed by atoms with Crippen LogP contribution in [0.15, 0.2) is 65.2 Å². The molecule has 1 aliphatic carbocycles. The van der Waals surface area contributed by atoms with E-state index in [0.29, 0.717) is 23.0 Å². The Balaban J connectivity index is 1.53. The van der Waals surface area contributed by atoms with Gasteiger partial charge in [0.25, 0.3) is 0 Å². The predicted molar refractivity (Wildman–Crippen MR) is 155 cm³/mol. The molecule has 0 radical (unpaired) electrons. The van der Waals surface area contributed by atoms with Crippen molar-refractivity contribution in [3.05, 3.63) is 88.9 Å². The van der Waals surface area contributed by atoms with Gasteiger partial charge in [0, 0.05) is 22.4 Å². The maximum atomic E-state index is 15.5. The fourth-order valence-corrected chi connectivity index (χ4v) is 6.55. The average molecular weight is 507 g/mol. The van der Waals surface area contributed by atoms with E-state index >= 15 is 4.39 Å². The van der Waals surface area contributed by atoms with E-state index in [9.17, 15) is 0 Å².